The standard InChI is InChI=1S/C28H21NO10/c1-3-15-36-25(30)18-5-10-21(11-6-18)38-27(32)20-9-14-23(24(17-20)29(34)35)28(33)39-22-12-7-19(8-13-22)26(31)37-16-4-2/h3-14,17H,1-2,15-16H2. The molecule has 198 valence electrons. The van der Waals surface area contributed by atoms with Gasteiger partial charge in [-0.25, -0.2) is 19.2 Å². The van der Waals surface area contributed by atoms with E-state index in [9.17, 15) is 29.3 Å². The van der Waals surface area contributed by atoms with Crippen LogP contribution in [0.5, 0.6) is 11.5 Å². The van der Waals surface area contributed by atoms with Gasteiger partial charge in [0.25, 0.3) is 5.69 Å². The monoisotopic (exact) mass is 531 g/mol. The molecule has 0 N–H and O–H groups in total. The van der Waals surface area contributed by atoms with Crippen LogP contribution >= 0.6 is 0 Å². The van der Waals surface area contributed by atoms with E-state index >= 15 is 0 Å². The lowest BCUT2D eigenvalue weighted by Gasteiger charge is -2.08. The van der Waals surface area contributed by atoms with Crippen LogP contribution in [0.3, 0.4) is 0 Å². The lowest BCUT2D eigenvalue weighted by atomic mass is 10.1. The molecule has 39 heavy (non-hydrogen) atoms. The number of ether oxygens (including phenoxy) is 4. The van der Waals surface area contributed by atoms with Gasteiger partial charge in [-0.3, -0.25) is 10.1 Å². The van der Waals surface area contributed by atoms with Crippen molar-refractivity contribution in [1.29, 1.82) is 0 Å². The molecule has 0 aliphatic carbocycles. The highest BCUT2D eigenvalue weighted by atomic mass is 16.6. The second kappa shape index (κ2) is 13.1. The molecule has 0 aliphatic heterocycles. The number of benzene rings is 3. The molecule has 3 aromatic carbocycles. The minimum atomic E-state index is -1.05. The highest BCUT2D eigenvalue weighted by molar-refractivity contribution is 5.99. The Bertz CT molecular complexity index is 1430. The van der Waals surface area contributed by atoms with E-state index in [0.717, 1.165) is 12.1 Å². The van der Waals surface area contributed by atoms with Gasteiger partial charge in [-0.2, -0.15) is 0 Å². The molecule has 0 bridgehead atoms. The number of hydrogen-bond acceptors (Lipinski definition) is 10. The maximum absolute atomic E-state index is 12.6. The number of hydrogen-bond donors (Lipinski definition) is 0. The SMILES string of the molecule is C=CCOC(=O)c1ccc(OC(=O)c2ccc(C(=O)Oc3ccc(C(=O)OCC=C)cc3)c([N+](=O)[O-])c2)cc1. The van der Waals surface area contributed by atoms with Gasteiger partial charge >= 0.3 is 23.9 Å². The fraction of sp³-hybridized carbons (Fsp3) is 0.0714. The molecule has 0 spiro atoms. The van der Waals surface area contributed by atoms with E-state index in [0.29, 0.717) is 0 Å². The second-order valence-electron chi connectivity index (χ2n) is 7.59. The second-order valence-corrected chi connectivity index (χ2v) is 7.59. The molecule has 0 aromatic heterocycles. The van der Waals surface area contributed by atoms with Crippen molar-refractivity contribution >= 4 is 29.6 Å². The van der Waals surface area contributed by atoms with Crippen molar-refractivity contribution in [3.8, 4) is 11.5 Å². The average Bonchev–Trinajstić information content (AvgIpc) is 2.94. The summed E-state index contributed by atoms with van der Waals surface area (Å²) in [6.07, 6.45) is 2.83. The third kappa shape index (κ3) is 7.46. The molecule has 0 heterocycles. The van der Waals surface area contributed by atoms with Crippen LogP contribution in [0.2, 0.25) is 0 Å². The average molecular weight is 531 g/mol. The largest absolute Gasteiger partial charge is 0.458 e. The van der Waals surface area contributed by atoms with E-state index in [2.05, 4.69) is 13.2 Å². The van der Waals surface area contributed by atoms with Gasteiger partial charge in [0.05, 0.1) is 21.6 Å². The van der Waals surface area contributed by atoms with Crippen LogP contribution in [0.15, 0.2) is 92.0 Å². The molecule has 11 heteroatoms. The zero-order chi connectivity index (χ0) is 28.4. The third-order valence-electron chi connectivity index (χ3n) is 4.92. The first kappa shape index (κ1) is 28.0. The summed E-state index contributed by atoms with van der Waals surface area (Å²) in [6.45, 7) is 6.96. The molecule has 0 saturated heterocycles. The smallest absolute Gasteiger partial charge is 0.350 e. The third-order valence-corrected chi connectivity index (χ3v) is 4.92. The Hall–Kier alpha value is -5.58. The van der Waals surface area contributed by atoms with E-state index in [1.807, 2.05) is 0 Å². The number of carbonyl (C=O) groups excluding carboxylic acids is 4. The maximum Gasteiger partial charge on any atom is 0.350 e. The van der Waals surface area contributed by atoms with E-state index in [4.69, 9.17) is 18.9 Å². The molecule has 11 nitrogen and oxygen atoms in total. The Morgan fingerprint density at radius 1 is 0.667 bits per heavy atom. The molecular weight excluding hydrogens is 510 g/mol. The van der Waals surface area contributed by atoms with Crippen molar-refractivity contribution in [2.45, 2.75) is 0 Å². The first-order valence-electron chi connectivity index (χ1n) is 11.2. The zero-order valence-electron chi connectivity index (χ0n) is 20.4. The van der Waals surface area contributed by atoms with Crippen molar-refractivity contribution in [1.82, 2.24) is 0 Å². The predicted octanol–water partition coefficient (Wildman–Crippen LogP) is 4.72. The Morgan fingerprint density at radius 2 is 1.10 bits per heavy atom. The summed E-state index contributed by atoms with van der Waals surface area (Å²) >= 11 is 0. The Labute approximate surface area is 222 Å². The quantitative estimate of drug-likeness (QED) is 0.112. The van der Waals surface area contributed by atoms with E-state index in [1.165, 1.54) is 66.7 Å². The molecule has 0 radical (unpaired) electrons. The lowest BCUT2D eigenvalue weighted by Crippen LogP contribution is -2.14. The summed E-state index contributed by atoms with van der Waals surface area (Å²) in [6, 6.07) is 14.0. The van der Waals surface area contributed by atoms with E-state index in [-0.39, 0.29) is 41.4 Å². The van der Waals surface area contributed by atoms with Gasteiger partial charge in [0, 0.05) is 6.07 Å². The Morgan fingerprint density at radius 3 is 1.54 bits per heavy atom. The highest BCUT2D eigenvalue weighted by Crippen LogP contribution is 2.24. The fourth-order valence-electron chi connectivity index (χ4n) is 3.06. The van der Waals surface area contributed by atoms with Gasteiger partial charge < -0.3 is 18.9 Å². The summed E-state index contributed by atoms with van der Waals surface area (Å²) in [5, 5.41) is 11.6. The maximum atomic E-state index is 12.6. The van der Waals surface area contributed by atoms with Crippen molar-refractivity contribution in [3.63, 3.8) is 0 Å². The van der Waals surface area contributed by atoms with Gasteiger partial charge in [0.1, 0.15) is 30.3 Å². The number of nitrogens with zero attached hydrogens (tertiary/aromatic N) is 1. The summed E-state index contributed by atoms with van der Waals surface area (Å²) in [7, 11) is 0. The van der Waals surface area contributed by atoms with Gasteiger partial charge in [0.2, 0.25) is 0 Å². The van der Waals surface area contributed by atoms with Gasteiger partial charge in [-0.05, 0) is 60.7 Å². The number of rotatable bonds is 11. The molecule has 0 atom stereocenters. The van der Waals surface area contributed by atoms with Crippen LogP contribution in [-0.2, 0) is 9.47 Å². The predicted molar refractivity (Wildman–Crippen MR) is 137 cm³/mol. The van der Waals surface area contributed by atoms with E-state index < -0.39 is 40.1 Å². The minimum Gasteiger partial charge on any atom is -0.458 e. The molecule has 0 aliphatic rings. The molecule has 0 amide bonds. The lowest BCUT2D eigenvalue weighted by molar-refractivity contribution is -0.385. The first-order chi connectivity index (χ1) is 18.7. The molecular formula is C28H21NO10. The van der Waals surface area contributed by atoms with Crippen LogP contribution < -0.4 is 9.47 Å². The number of nitro benzene ring substituents is 1. The zero-order valence-corrected chi connectivity index (χ0v) is 20.4. The molecule has 0 saturated carbocycles. The van der Waals surface area contributed by atoms with Gasteiger partial charge in [-0.1, -0.05) is 25.3 Å². The Kier molecular flexibility index (Phi) is 9.41. The topological polar surface area (TPSA) is 148 Å². The van der Waals surface area contributed by atoms with E-state index in [1.54, 1.807) is 0 Å². The van der Waals surface area contributed by atoms with Crippen LogP contribution in [0, 0.1) is 10.1 Å². The summed E-state index contributed by atoms with van der Waals surface area (Å²) in [4.78, 5) is 59.7. The van der Waals surface area contributed by atoms with Crippen LogP contribution in [0.25, 0.3) is 0 Å². The van der Waals surface area contributed by atoms with Crippen molar-refractivity contribution in [2.75, 3.05) is 13.2 Å². The number of carbonyl (C=O) groups is 4. The summed E-state index contributed by atoms with van der Waals surface area (Å²) in [5.74, 6) is -3.08. The van der Waals surface area contributed by atoms with Gasteiger partial charge in [-0.15, -0.1) is 0 Å². The summed E-state index contributed by atoms with van der Waals surface area (Å²) < 4.78 is 20.2. The van der Waals surface area contributed by atoms with Gasteiger partial charge in [0.15, 0.2) is 0 Å². The number of esters is 4. The molecule has 0 unspecified atom stereocenters. The van der Waals surface area contributed by atoms with Crippen LogP contribution in [-0.4, -0.2) is 42.0 Å². The van der Waals surface area contributed by atoms with Crippen LogP contribution in [0.4, 0.5) is 5.69 Å². The van der Waals surface area contributed by atoms with Crippen LogP contribution in [0.1, 0.15) is 41.4 Å². The molecule has 3 aromatic rings. The highest BCUT2D eigenvalue weighted by Gasteiger charge is 2.25. The molecule has 3 rings (SSSR count). The normalized spacial score (nSPS) is 10.1. The van der Waals surface area contributed by atoms with Crippen molar-refractivity contribution in [3.05, 3.63) is 124 Å². The first-order valence-corrected chi connectivity index (χ1v) is 11.2. The summed E-state index contributed by atoms with van der Waals surface area (Å²) in [5.41, 5.74) is -0.868. The minimum absolute atomic E-state index is 0.0230. The Balaban J connectivity index is 1.71. The number of nitro groups is 1. The fourth-order valence-corrected chi connectivity index (χ4v) is 3.06. The van der Waals surface area contributed by atoms with Crippen molar-refractivity contribution in [2.24, 2.45) is 0 Å². The van der Waals surface area contributed by atoms with Crippen molar-refractivity contribution < 1.29 is 43.0 Å². The molecule has 0 fully saturated rings.